The highest BCUT2D eigenvalue weighted by molar-refractivity contribution is 8.03. The van der Waals surface area contributed by atoms with Crippen LogP contribution in [0.5, 0.6) is 0 Å². The molecule has 0 aliphatic rings. The van der Waals surface area contributed by atoms with E-state index in [9.17, 15) is 9.18 Å². The first-order valence-electron chi connectivity index (χ1n) is 4.19. The van der Waals surface area contributed by atoms with Crippen molar-refractivity contribution >= 4 is 40.7 Å². The number of carbonyl (C=O) groups excluding carboxylic acids is 1. The van der Waals surface area contributed by atoms with Crippen molar-refractivity contribution in [3.63, 3.8) is 0 Å². The SMILES string of the molecule is Cc1ccccc1C(=O)CSC(F)(Cl)Cl. The van der Waals surface area contributed by atoms with Crippen molar-refractivity contribution in [3.05, 3.63) is 35.4 Å². The second-order valence-corrected chi connectivity index (χ2v) is 5.80. The molecule has 0 saturated carbocycles. The second-order valence-electron chi connectivity index (χ2n) is 2.97. The molecule has 0 aromatic heterocycles. The Balaban J connectivity index is 2.66. The summed E-state index contributed by atoms with van der Waals surface area (Å²) in [5, 5.41) is 0. The van der Waals surface area contributed by atoms with Crippen LogP contribution in [-0.2, 0) is 0 Å². The fraction of sp³-hybridized carbons (Fsp3) is 0.300. The van der Waals surface area contributed by atoms with Crippen LogP contribution in [-0.4, -0.2) is 15.5 Å². The lowest BCUT2D eigenvalue weighted by Gasteiger charge is -2.08. The lowest BCUT2D eigenvalue weighted by molar-refractivity contribution is 0.102. The molecule has 0 aliphatic carbocycles. The topological polar surface area (TPSA) is 17.1 Å². The summed E-state index contributed by atoms with van der Waals surface area (Å²) in [7, 11) is 0. The first-order valence-corrected chi connectivity index (χ1v) is 5.94. The van der Waals surface area contributed by atoms with E-state index in [1.165, 1.54) is 0 Å². The van der Waals surface area contributed by atoms with Crippen LogP contribution < -0.4 is 0 Å². The Hall–Kier alpha value is -0.250. The lowest BCUT2D eigenvalue weighted by Crippen LogP contribution is -2.08. The molecule has 0 bridgehead atoms. The number of thioether (sulfide) groups is 1. The Morgan fingerprint density at radius 1 is 1.47 bits per heavy atom. The van der Waals surface area contributed by atoms with Crippen molar-refractivity contribution in [2.75, 3.05) is 5.75 Å². The summed E-state index contributed by atoms with van der Waals surface area (Å²) in [6.07, 6.45) is 0. The highest BCUT2D eigenvalue weighted by Gasteiger charge is 2.24. The zero-order valence-electron chi connectivity index (χ0n) is 7.97. The molecule has 1 aromatic carbocycles. The van der Waals surface area contributed by atoms with E-state index in [2.05, 4.69) is 0 Å². The number of hydrogen-bond donors (Lipinski definition) is 0. The highest BCUT2D eigenvalue weighted by Crippen LogP contribution is 2.36. The maximum absolute atomic E-state index is 12.7. The van der Waals surface area contributed by atoms with E-state index < -0.39 is 3.92 Å². The van der Waals surface area contributed by atoms with E-state index in [1.54, 1.807) is 12.1 Å². The van der Waals surface area contributed by atoms with Crippen molar-refractivity contribution in [3.8, 4) is 0 Å². The smallest absolute Gasteiger partial charge is 0.293 e. The van der Waals surface area contributed by atoms with Gasteiger partial charge in [-0.1, -0.05) is 59.2 Å². The van der Waals surface area contributed by atoms with Gasteiger partial charge < -0.3 is 0 Å². The maximum Gasteiger partial charge on any atom is 0.305 e. The van der Waals surface area contributed by atoms with Crippen LogP contribution in [0, 0.1) is 6.92 Å². The van der Waals surface area contributed by atoms with Crippen molar-refractivity contribution in [1.82, 2.24) is 0 Å². The van der Waals surface area contributed by atoms with E-state index in [-0.39, 0.29) is 11.5 Å². The van der Waals surface area contributed by atoms with E-state index >= 15 is 0 Å². The molecule has 1 nitrogen and oxygen atoms in total. The number of ketones is 1. The number of aryl methyl sites for hydroxylation is 1. The number of benzene rings is 1. The second kappa shape index (κ2) is 5.19. The Morgan fingerprint density at radius 2 is 2.07 bits per heavy atom. The third-order valence-electron chi connectivity index (χ3n) is 1.81. The molecule has 0 aliphatic heterocycles. The Bertz CT molecular complexity index is 363. The fourth-order valence-corrected chi connectivity index (χ4v) is 1.89. The van der Waals surface area contributed by atoms with Crippen molar-refractivity contribution in [1.29, 1.82) is 0 Å². The fourth-order valence-electron chi connectivity index (χ4n) is 1.11. The summed E-state index contributed by atoms with van der Waals surface area (Å²) >= 11 is 10.8. The van der Waals surface area contributed by atoms with E-state index in [4.69, 9.17) is 23.2 Å². The number of hydrogen-bond acceptors (Lipinski definition) is 2. The third-order valence-corrected chi connectivity index (χ3v) is 3.20. The van der Waals surface area contributed by atoms with Gasteiger partial charge >= 0.3 is 3.92 Å². The molecule has 0 N–H and O–H groups in total. The largest absolute Gasteiger partial charge is 0.305 e. The van der Waals surface area contributed by atoms with Gasteiger partial charge in [0.15, 0.2) is 5.78 Å². The molecular formula is C10H9Cl2FOS. The van der Waals surface area contributed by atoms with Crippen molar-refractivity contribution in [2.45, 2.75) is 10.8 Å². The average molecular weight is 267 g/mol. The van der Waals surface area contributed by atoms with E-state index in [0.717, 1.165) is 5.56 Å². The molecule has 15 heavy (non-hydrogen) atoms. The van der Waals surface area contributed by atoms with Crippen LogP contribution in [0.4, 0.5) is 4.39 Å². The zero-order valence-corrected chi connectivity index (χ0v) is 10.3. The third kappa shape index (κ3) is 4.41. The standard InChI is InChI=1S/C10H9Cl2FOS/c1-7-4-2-3-5-8(7)9(14)6-15-10(11,12)13/h2-5H,6H2,1H3. The molecule has 0 fully saturated rings. The van der Waals surface area contributed by atoms with Crippen LogP contribution in [0.3, 0.4) is 0 Å². The van der Waals surface area contributed by atoms with Crippen molar-refractivity contribution in [2.24, 2.45) is 0 Å². The van der Waals surface area contributed by atoms with Gasteiger partial charge in [0.1, 0.15) is 0 Å². The minimum atomic E-state index is -2.40. The minimum Gasteiger partial charge on any atom is -0.293 e. The molecule has 0 amide bonds. The molecule has 0 atom stereocenters. The van der Waals surface area contributed by atoms with Gasteiger partial charge in [-0.15, -0.1) is 0 Å². The lowest BCUT2D eigenvalue weighted by atomic mass is 10.1. The number of halogens is 3. The summed E-state index contributed by atoms with van der Waals surface area (Å²) in [6, 6.07) is 7.11. The highest BCUT2D eigenvalue weighted by atomic mass is 35.5. The van der Waals surface area contributed by atoms with Crippen LogP contribution in [0.15, 0.2) is 24.3 Å². The molecule has 1 aromatic rings. The molecule has 0 spiro atoms. The summed E-state index contributed by atoms with van der Waals surface area (Å²) in [5.41, 5.74) is 1.43. The van der Waals surface area contributed by atoms with Crippen LogP contribution >= 0.6 is 35.0 Å². The Kier molecular flexibility index (Phi) is 4.44. The molecule has 0 heterocycles. The van der Waals surface area contributed by atoms with Crippen LogP contribution in [0.2, 0.25) is 0 Å². The van der Waals surface area contributed by atoms with Gasteiger partial charge in [-0.3, -0.25) is 4.79 Å². The normalized spacial score (nSPS) is 11.5. The molecule has 0 unspecified atom stereocenters. The average Bonchev–Trinajstić information content (AvgIpc) is 2.14. The van der Waals surface area contributed by atoms with Gasteiger partial charge in [-0.25, -0.2) is 0 Å². The minimum absolute atomic E-state index is 0.0750. The van der Waals surface area contributed by atoms with E-state index in [0.29, 0.717) is 17.3 Å². The number of carbonyl (C=O) groups is 1. The maximum atomic E-state index is 12.7. The molecule has 5 heteroatoms. The summed E-state index contributed by atoms with van der Waals surface area (Å²) < 4.78 is 10.3. The number of alkyl halides is 3. The molecule has 0 radical (unpaired) electrons. The molecule has 0 saturated heterocycles. The predicted molar refractivity (Wildman–Crippen MR) is 63.5 cm³/mol. The van der Waals surface area contributed by atoms with Gasteiger partial charge in [0.2, 0.25) is 0 Å². The van der Waals surface area contributed by atoms with E-state index in [1.807, 2.05) is 19.1 Å². The van der Waals surface area contributed by atoms with Crippen LogP contribution in [0.25, 0.3) is 0 Å². The summed E-state index contributed by atoms with van der Waals surface area (Å²) in [6.45, 7) is 1.82. The quantitative estimate of drug-likeness (QED) is 0.606. The molecule has 1 rings (SSSR count). The van der Waals surface area contributed by atoms with Gasteiger partial charge in [-0.05, 0) is 12.5 Å². The predicted octanol–water partition coefficient (Wildman–Crippen LogP) is 3.97. The van der Waals surface area contributed by atoms with Gasteiger partial charge in [0.05, 0.1) is 5.75 Å². The first-order chi connectivity index (χ1) is 6.90. The van der Waals surface area contributed by atoms with Gasteiger partial charge in [-0.2, -0.15) is 4.39 Å². The molecular weight excluding hydrogens is 258 g/mol. The van der Waals surface area contributed by atoms with Gasteiger partial charge in [0, 0.05) is 5.56 Å². The summed E-state index contributed by atoms with van der Waals surface area (Å²) in [5.74, 6) is -0.254. The van der Waals surface area contributed by atoms with Gasteiger partial charge in [0.25, 0.3) is 0 Å². The first kappa shape index (κ1) is 12.8. The number of Topliss-reactive ketones (excluding diaryl/α,β-unsaturated/α-hetero) is 1. The van der Waals surface area contributed by atoms with Crippen molar-refractivity contribution < 1.29 is 9.18 Å². The number of rotatable bonds is 4. The molecule has 82 valence electrons. The van der Waals surface area contributed by atoms with Crippen LogP contribution in [0.1, 0.15) is 15.9 Å². The summed E-state index contributed by atoms with van der Waals surface area (Å²) in [4.78, 5) is 11.6. The Morgan fingerprint density at radius 3 is 2.60 bits per heavy atom. The Labute approximate surface area is 102 Å². The zero-order chi connectivity index (χ0) is 11.5. The monoisotopic (exact) mass is 266 g/mol.